The summed E-state index contributed by atoms with van der Waals surface area (Å²) < 4.78 is 7.44. The standard InChI is InChI=1S/C20H11N5O4S/c26-19-17(30-20-22-18(23-24(19)20)12-6-8-21-9-7-12)11-15-4-5-16(29-15)13-2-1-3-14(10-13)25(27)28/h1-11H/b17-11-. The smallest absolute Gasteiger partial charge is 0.291 e. The highest BCUT2D eigenvalue weighted by Crippen LogP contribution is 2.26. The number of rotatable bonds is 4. The van der Waals surface area contributed by atoms with Crippen LogP contribution in [0.2, 0.25) is 0 Å². The van der Waals surface area contributed by atoms with Crippen molar-refractivity contribution < 1.29 is 9.34 Å². The Kier molecular flexibility index (Phi) is 4.18. The van der Waals surface area contributed by atoms with E-state index >= 15 is 0 Å². The van der Waals surface area contributed by atoms with E-state index in [1.54, 1.807) is 54.9 Å². The quantitative estimate of drug-likeness (QED) is 0.326. The summed E-state index contributed by atoms with van der Waals surface area (Å²) in [6, 6.07) is 13.1. The highest BCUT2D eigenvalue weighted by atomic mass is 32.1. The number of non-ortho nitro benzene ring substituents is 1. The molecule has 0 bridgehead atoms. The van der Waals surface area contributed by atoms with Gasteiger partial charge in [0.2, 0.25) is 4.96 Å². The lowest BCUT2D eigenvalue weighted by Gasteiger charge is -1.96. The second kappa shape index (κ2) is 7.01. The normalized spacial score (nSPS) is 11.9. The van der Waals surface area contributed by atoms with Crippen molar-refractivity contribution in [3.63, 3.8) is 0 Å². The van der Waals surface area contributed by atoms with Gasteiger partial charge in [-0.25, -0.2) is 0 Å². The molecule has 5 rings (SSSR count). The predicted molar refractivity (Wildman–Crippen MR) is 110 cm³/mol. The van der Waals surface area contributed by atoms with Gasteiger partial charge in [0.1, 0.15) is 16.1 Å². The Balaban J connectivity index is 1.51. The molecule has 0 spiro atoms. The lowest BCUT2D eigenvalue weighted by atomic mass is 10.1. The van der Waals surface area contributed by atoms with Crippen LogP contribution in [0.4, 0.5) is 5.69 Å². The SMILES string of the molecule is O=c1/c(=C/c2ccc(-c3cccc([N+](=O)[O-])c3)o2)sc2nc(-c3ccncc3)nn12. The van der Waals surface area contributed by atoms with Crippen LogP contribution in [0.15, 0.2) is 70.1 Å². The average Bonchev–Trinajstić information content (AvgIpc) is 3.47. The number of fused-ring (bicyclic) bond motifs is 1. The van der Waals surface area contributed by atoms with E-state index in [9.17, 15) is 14.9 Å². The van der Waals surface area contributed by atoms with Gasteiger partial charge in [-0.2, -0.15) is 9.50 Å². The predicted octanol–water partition coefficient (Wildman–Crippen LogP) is 2.93. The Hall–Kier alpha value is -4.18. The highest BCUT2D eigenvalue weighted by molar-refractivity contribution is 7.15. The molecule has 10 heteroatoms. The maximum absolute atomic E-state index is 12.7. The fraction of sp³-hybridized carbons (Fsp3) is 0. The molecule has 9 nitrogen and oxygen atoms in total. The molecule has 0 atom stereocenters. The van der Waals surface area contributed by atoms with Gasteiger partial charge >= 0.3 is 0 Å². The monoisotopic (exact) mass is 417 g/mol. The summed E-state index contributed by atoms with van der Waals surface area (Å²) >= 11 is 1.20. The van der Waals surface area contributed by atoms with Crippen LogP contribution in [0.3, 0.4) is 0 Å². The number of hydrogen-bond acceptors (Lipinski definition) is 8. The molecule has 0 radical (unpaired) electrons. The second-order valence-electron chi connectivity index (χ2n) is 6.29. The zero-order valence-electron chi connectivity index (χ0n) is 15.1. The van der Waals surface area contributed by atoms with Gasteiger partial charge in [0.25, 0.3) is 11.2 Å². The minimum Gasteiger partial charge on any atom is -0.457 e. The molecular formula is C20H11N5O4S. The van der Waals surface area contributed by atoms with E-state index in [4.69, 9.17) is 4.42 Å². The molecular weight excluding hydrogens is 406 g/mol. The number of nitro groups is 1. The van der Waals surface area contributed by atoms with Gasteiger partial charge in [-0.3, -0.25) is 19.9 Å². The molecule has 5 aromatic rings. The number of benzene rings is 1. The number of hydrogen-bond donors (Lipinski definition) is 0. The summed E-state index contributed by atoms with van der Waals surface area (Å²) in [4.78, 5) is 32.0. The first-order valence-corrected chi connectivity index (χ1v) is 9.56. The van der Waals surface area contributed by atoms with Crippen LogP contribution in [0.5, 0.6) is 0 Å². The molecule has 0 saturated carbocycles. The maximum atomic E-state index is 12.7. The largest absolute Gasteiger partial charge is 0.457 e. The third-order valence-electron chi connectivity index (χ3n) is 4.36. The summed E-state index contributed by atoms with van der Waals surface area (Å²) in [5.41, 5.74) is 1.04. The lowest BCUT2D eigenvalue weighted by molar-refractivity contribution is -0.384. The molecule has 0 aliphatic heterocycles. The lowest BCUT2D eigenvalue weighted by Crippen LogP contribution is -2.23. The molecule has 0 aliphatic carbocycles. The highest BCUT2D eigenvalue weighted by Gasteiger charge is 2.13. The average molecular weight is 417 g/mol. The van der Waals surface area contributed by atoms with Crippen molar-refractivity contribution in [3.8, 4) is 22.7 Å². The number of pyridine rings is 1. The first kappa shape index (κ1) is 17.9. The molecule has 146 valence electrons. The van der Waals surface area contributed by atoms with Gasteiger partial charge in [-0.1, -0.05) is 23.5 Å². The van der Waals surface area contributed by atoms with Crippen molar-refractivity contribution in [1.29, 1.82) is 0 Å². The summed E-state index contributed by atoms with van der Waals surface area (Å²) in [5.74, 6) is 1.38. The molecule has 0 unspecified atom stereocenters. The van der Waals surface area contributed by atoms with E-state index in [2.05, 4.69) is 15.1 Å². The maximum Gasteiger partial charge on any atom is 0.291 e. The van der Waals surface area contributed by atoms with Gasteiger partial charge in [0.15, 0.2) is 5.82 Å². The molecule has 4 aromatic heterocycles. The number of nitrogens with zero attached hydrogens (tertiary/aromatic N) is 5. The summed E-state index contributed by atoms with van der Waals surface area (Å²) in [7, 11) is 0. The van der Waals surface area contributed by atoms with Crippen LogP contribution in [0, 0.1) is 10.1 Å². The Morgan fingerprint density at radius 3 is 2.70 bits per heavy atom. The third-order valence-corrected chi connectivity index (χ3v) is 5.32. The van der Waals surface area contributed by atoms with Crippen LogP contribution >= 0.6 is 11.3 Å². The Bertz CT molecular complexity index is 1500. The Labute approximate surface area is 171 Å². The van der Waals surface area contributed by atoms with Gasteiger partial charge < -0.3 is 4.42 Å². The molecule has 0 fully saturated rings. The van der Waals surface area contributed by atoms with Crippen molar-refractivity contribution in [3.05, 3.63) is 91.7 Å². The minimum atomic E-state index is -0.460. The first-order chi connectivity index (χ1) is 14.6. The van der Waals surface area contributed by atoms with E-state index in [-0.39, 0.29) is 11.2 Å². The number of thiazole rings is 1. The van der Waals surface area contributed by atoms with Crippen LogP contribution in [0.1, 0.15) is 5.76 Å². The van der Waals surface area contributed by atoms with Crippen LogP contribution in [-0.4, -0.2) is 24.5 Å². The fourth-order valence-corrected chi connectivity index (χ4v) is 3.83. The number of furan rings is 1. The summed E-state index contributed by atoms with van der Waals surface area (Å²) in [6.07, 6.45) is 4.88. The van der Waals surface area contributed by atoms with Crippen molar-refractivity contribution in [2.75, 3.05) is 0 Å². The van der Waals surface area contributed by atoms with Crippen molar-refractivity contribution >= 4 is 28.1 Å². The van der Waals surface area contributed by atoms with Crippen molar-refractivity contribution in [2.24, 2.45) is 0 Å². The first-order valence-electron chi connectivity index (χ1n) is 8.75. The molecule has 0 amide bonds. The summed E-state index contributed by atoms with van der Waals surface area (Å²) in [5, 5.41) is 15.2. The molecule has 4 heterocycles. The van der Waals surface area contributed by atoms with E-state index < -0.39 is 4.92 Å². The molecule has 0 aliphatic rings. The second-order valence-corrected chi connectivity index (χ2v) is 7.30. The molecule has 1 aromatic carbocycles. The van der Waals surface area contributed by atoms with E-state index in [1.165, 1.54) is 28.0 Å². The third kappa shape index (κ3) is 3.14. The van der Waals surface area contributed by atoms with Crippen molar-refractivity contribution in [1.82, 2.24) is 19.6 Å². The van der Waals surface area contributed by atoms with Gasteiger partial charge in [-0.15, -0.1) is 5.10 Å². The minimum absolute atomic E-state index is 0.0215. The van der Waals surface area contributed by atoms with E-state index in [0.29, 0.717) is 32.4 Å². The Morgan fingerprint density at radius 1 is 1.10 bits per heavy atom. The van der Waals surface area contributed by atoms with Crippen LogP contribution in [-0.2, 0) is 0 Å². The topological polar surface area (TPSA) is 116 Å². The van der Waals surface area contributed by atoms with Crippen LogP contribution < -0.4 is 10.1 Å². The van der Waals surface area contributed by atoms with Crippen LogP contribution in [0.25, 0.3) is 33.7 Å². The fourth-order valence-electron chi connectivity index (χ4n) is 2.94. The molecule has 0 saturated heterocycles. The van der Waals surface area contributed by atoms with E-state index in [0.717, 1.165) is 5.56 Å². The Morgan fingerprint density at radius 2 is 1.93 bits per heavy atom. The van der Waals surface area contributed by atoms with Gasteiger partial charge in [0, 0.05) is 41.7 Å². The summed E-state index contributed by atoms with van der Waals surface area (Å²) in [6.45, 7) is 0. The van der Waals surface area contributed by atoms with Crippen molar-refractivity contribution in [2.45, 2.75) is 0 Å². The molecule has 0 N–H and O–H groups in total. The van der Waals surface area contributed by atoms with Gasteiger partial charge in [0.05, 0.1) is 4.92 Å². The zero-order valence-corrected chi connectivity index (χ0v) is 15.9. The van der Waals surface area contributed by atoms with Gasteiger partial charge in [-0.05, 0) is 24.3 Å². The zero-order chi connectivity index (χ0) is 20.7. The number of nitro benzene ring substituents is 1. The van der Waals surface area contributed by atoms with E-state index in [1.807, 2.05) is 0 Å². The number of aromatic nitrogens is 4. The molecule has 30 heavy (non-hydrogen) atoms.